The smallest absolute Gasteiger partial charge is 0.272 e. The molecule has 0 bridgehead atoms. The largest absolute Gasteiger partial charge is 0.496 e. The van der Waals surface area contributed by atoms with Crippen LogP contribution < -0.4 is 10.1 Å². The van der Waals surface area contributed by atoms with Crippen molar-refractivity contribution in [2.75, 3.05) is 12.4 Å². The van der Waals surface area contributed by atoms with E-state index in [1.165, 1.54) is 5.56 Å². The van der Waals surface area contributed by atoms with Gasteiger partial charge in [-0.15, -0.1) is 0 Å². The average Bonchev–Trinajstić information content (AvgIpc) is 3.03. The van der Waals surface area contributed by atoms with Crippen LogP contribution in [-0.4, -0.2) is 18.0 Å². The second-order valence-electron chi connectivity index (χ2n) is 5.37. The molecule has 0 unspecified atom stereocenters. The summed E-state index contributed by atoms with van der Waals surface area (Å²) in [4.78, 5) is 15.1. The number of H-pyrrole nitrogens is 1. The Bertz CT molecular complexity index is 844. The molecule has 0 fully saturated rings. The van der Waals surface area contributed by atoms with Gasteiger partial charge in [0.25, 0.3) is 5.91 Å². The summed E-state index contributed by atoms with van der Waals surface area (Å²) in [5.41, 5.74) is 3.30. The first-order valence-corrected chi connectivity index (χ1v) is 7.89. The van der Waals surface area contributed by atoms with Crippen LogP contribution in [0.4, 0.5) is 5.69 Å². The van der Waals surface area contributed by atoms with Crippen LogP contribution in [0.25, 0.3) is 0 Å². The number of hydrogen-bond donors (Lipinski definition) is 2. The fourth-order valence-electron chi connectivity index (χ4n) is 2.51. The number of methoxy groups -OCH3 is 1. The lowest BCUT2D eigenvalue weighted by Gasteiger charge is -2.12. The van der Waals surface area contributed by atoms with Crippen LogP contribution in [0.15, 0.2) is 60.8 Å². The quantitative estimate of drug-likeness (QED) is 0.717. The van der Waals surface area contributed by atoms with Gasteiger partial charge < -0.3 is 15.0 Å². The lowest BCUT2D eigenvalue weighted by molar-refractivity contribution is 0.102. The zero-order valence-corrected chi connectivity index (χ0v) is 13.9. The van der Waals surface area contributed by atoms with Crippen LogP contribution in [0, 0.1) is 0 Å². The molecule has 0 saturated carbocycles. The van der Waals surface area contributed by atoms with E-state index in [0.29, 0.717) is 16.4 Å². The monoisotopic (exact) mass is 340 g/mol. The van der Waals surface area contributed by atoms with Gasteiger partial charge in [0.15, 0.2) is 0 Å². The normalized spacial score (nSPS) is 10.4. The molecule has 3 aromatic rings. The summed E-state index contributed by atoms with van der Waals surface area (Å²) in [6.07, 6.45) is 2.30. The Hall–Kier alpha value is -2.72. The van der Waals surface area contributed by atoms with E-state index in [4.69, 9.17) is 16.3 Å². The Balaban J connectivity index is 1.82. The van der Waals surface area contributed by atoms with Crippen molar-refractivity contribution in [2.45, 2.75) is 6.42 Å². The van der Waals surface area contributed by atoms with Gasteiger partial charge in [-0.1, -0.05) is 41.9 Å². The minimum Gasteiger partial charge on any atom is -0.496 e. The molecule has 0 radical (unpaired) electrons. The van der Waals surface area contributed by atoms with Gasteiger partial charge >= 0.3 is 0 Å². The Morgan fingerprint density at radius 1 is 1.17 bits per heavy atom. The fraction of sp³-hybridized carbons (Fsp3) is 0.105. The fourth-order valence-corrected chi connectivity index (χ4v) is 2.67. The molecular formula is C19H17ClN2O2. The summed E-state index contributed by atoms with van der Waals surface area (Å²) in [5.74, 6) is 0.553. The highest BCUT2D eigenvalue weighted by atomic mass is 35.5. The number of anilines is 1. The zero-order chi connectivity index (χ0) is 16.9. The Morgan fingerprint density at radius 2 is 1.96 bits per heavy atom. The third-order valence-corrected chi connectivity index (χ3v) is 3.89. The highest BCUT2D eigenvalue weighted by Crippen LogP contribution is 2.25. The molecule has 1 amide bonds. The van der Waals surface area contributed by atoms with Crippen molar-refractivity contribution in [2.24, 2.45) is 0 Å². The average molecular weight is 341 g/mol. The van der Waals surface area contributed by atoms with Gasteiger partial charge in [-0.2, -0.15) is 0 Å². The van der Waals surface area contributed by atoms with Crippen molar-refractivity contribution in [1.82, 2.24) is 4.98 Å². The van der Waals surface area contributed by atoms with Gasteiger partial charge in [-0.3, -0.25) is 4.79 Å². The summed E-state index contributed by atoms with van der Waals surface area (Å²) in [6, 6.07) is 17.3. The summed E-state index contributed by atoms with van der Waals surface area (Å²) >= 11 is 5.83. The zero-order valence-electron chi connectivity index (χ0n) is 13.2. The van der Waals surface area contributed by atoms with E-state index < -0.39 is 0 Å². The summed E-state index contributed by atoms with van der Waals surface area (Å²) in [6.45, 7) is 0. The van der Waals surface area contributed by atoms with Crippen molar-refractivity contribution in [3.05, 3.63) is 82.6 Å². The summed E-state index contributed by atoms with van der Waals surface area (Å²) in [5, 5.41) is 3.36. The number of carbonyl (C=O) groups is 1. The number of rotatable bonds is 5. The number of nitrogens with one attached hydrogen (secondary N) is 2. The number of aromatic nitrogens is 1. The highest BCUT2D eigenvalue weighted by Gasteiger charge is 2.11. The second kappa shape index (κ2) is 7.23. The third-order valence-electron chi connectivity index (χ3n) is 3.67. The summed E-state index contributed by atoms with van der Waals surface area (Å²) in [7, 11) is 1.64. The van der Waals surface area contributed by atoms with Crippen molar-refractivity contribution < 1.29 is 9.53 Å². The molecule has 2 aromatic carbocycles. The number of aromatic amines is 1. The number of amides is 1. The number of ether oxygens (including phenoxy) is 1. The lowest BCUT2D eigenvalue weighted by atomic mass is 10.0. The van der Waals surface area contributed by atoms with Gasteiger partial charge in [0.05, 0.1) is 12.1 Å². The van der Waals surface area contributed by atoms with Crippen LogP contribution in [0.3, 0.4) is 0 Å². The van der Waals surface area contributed by atoms with Crippen molar-refractivity contribution >= 4 is 23.2 Å². The van der Waals surface area contributed by atoms with E-state index in [1.54, 1.807) is 19.4 Å². The first-order valence-electron chi connectivity index (χ1n) is 7.52. The molecule has 24 heavy (non-hydrogen) atoms. The van der Waals surface area contributed by atoms with E-state index in [1.807, 2.05) is 36.4 Å². The minimum absolute atomic E-state index is 0.238. The molecule has 3 rings (SSSR count). The molecule has 1 heterocycles. The molecule has 0 atom stereocenters. The van der Waals surface area contributed by atoms with E-state index in [9.17, 15) is 4.79 Å². The maximum absolute atomic E-state index is 12.2. The van der Waals surface area contributed by atoms with Gasteiger partial charge in [0.1, 0.15) is 11.4 Å². The first-order chi connectivity index (χ1) is 11.7. The number of carbonyl (C=O) groups excluding carboxylic acids is 1. The van der Waals surface area contributed by atoms with Crippen LogP contribution in [-0.2, 0) is 6.42 Å². The first kappa shape index (κ1) is 16.1. The van der Waals surface area contributed by atoms with E-state index >= 15 is 0 Å². The van der Waals surface area contributed by atoms with Gasteiger partial charge in [-0.05, 0) is 29.8 Å². The van der Waals surface area contributed by atoms with Crippen LogP contribution in [0.5, 0.6) is 5.75 Å². The number of hydrogen-bond acceptors (Lipinski definition) is 2. The van der Waals surface area contributed by atoms with Crippen LogP contribution >= 0.6 is 11.6 Å². The molecule has 0 aliphatic carbocycles. The lowest BCUT2D eigenvalue weighted by Crippen LogP contribution is -2.12. The highest BCUT2D eigenvalue weighted by molar-refractivity contribution is 6.31. The Labute approximate surface area is 145 Å². The Morgan fingerprint density at radius 3 is 2.62 bits per heavy atom. The molecule has 4 nitrogen and oxygen atoms in total. The molecule has 5 heteroatoms. The second-order valence-corrected chi connectivity index (χ2v) is 5.81. The van der Waals surface area contributed by atoms with Crippen molar-refractivity contribution in [3.63, 3.8) is 0 Å². The molecular weight excluding hydrogens is 324 g/mol. The minimum atomic E-state index is -0.238. The molecule has 0 aliphatic rings. The van der Waals surface area contributed by atoms with Gasteiger partial charge in [0.2, 0.25) is 0 Å². The third kappa shape index (κ3) is 3.78. The van der Waals surface area contributed by atoms with E-state index in [2.05, 4.69) is 22.4 Å². The molecule has 122 valence electrons. The van der Waals surface area contributed by atoms with E-state index in [0.717, 1.165) is 17.7 Å². The van der Waals surface area contributed by atoms with Crippen molar-refractivity contribution in [3.8, 4) is 5.75 Å². The molecule has 0 spiro atoms. The topological polar surface area (TPSA) is 54.1 Å². The Kier molecular flexibility index (Phi) is 4.87. The van der Waals surface area contributed by atoms with E-state index in [-0.39, 0.29) is 5.91 Å². The maximum Gasteiger partial charge on any atom is 0.272 e. The van der Waals surface area contributed by atoms with Crippen LogP contribution in [0.2, 0.25) is 5.02 Å². The van der Waals surface area contributed by atoms with Gasteiger partial charge in [0, 0.05) is 23.9 Å². The standard InChI is InChI=1S/C19H17ClN2O2/c1-24-18-8-7-16(22-19(23)17-11-15(20)12-21-17)10-14(18)9-13-5-3-2-4-6-13/h2-8,10-12,21H,9H2,1H3,(H,22,23). The molecule has 0 aliphatic heterocycles. The van der Waals surface area contributed by atoms with Crippen molar-refractivity contribution in [1.29, 1.82) is 0 Å². The number of benzene rings is 2. The SMILES string of the molecule is COc1ccc(NC(=O)c2cc(Cl)c[nH]2)cc1Cc1ccccc1. The maximum atomic E-state index is 12.2. The van der Waals surface area contributed by atoms with Crippen LogP contribution in [0.1, 0.15) is 21.6 Å². The molecule has 2 N–H and O–H groups in total. The number of halogens is 1. The molecule has 0 saturated heterocycles. The molecule has 1 aromatic heterocycles. The summed E-state index contributed by atoms with van der Waals surface area (Å²) < 4.78 is 5.43. The van der Waals surface area contributed by atoms with Gasteiger partial charge in [-0.25, -0.2) is 0 Å². The predicted molar refractivity (Wildman–Crippen MR) is 96.0 cm³/mol. The predicted octanol–water partition coefficient (Wildman–Crippen LogP) is 4.52.